The van der Waals surface area contributed by atoms with Crippen LogP contribution in [0.3, 0.4) is 0 Å². The summed E-state index contributed by atoms with van der Waals surface area (Å²) in [5.74, 6) is 0. The zero-order chi connectivity index (χ0) is 8.36. The van der Waals surface area contributed by atoms with Gasteiger partial charge in [0, 0.05) is 6.61 Å². The van der Waals surface area contributed by atoms with Crippen LogP contribution in [0, 0.1) is 0 Å². The topological polar surface area (TPSA) is 35.5 Å². The molecular weight excluding hydrogens is 144 g/mol. The van der Waals surface area contributed by atoms with E-state index in [0.29, 0.717) is 13.2 Å². The zero-order valence-electron chi connectivity index (χ0n) is 6.62. The summed E-state index contributed by atoms with van der Waals surface area (Å²) in [5, 5.41) is 0. The Labute approximate surface area is 67.0 Å². The average molecular weight is 158 g/mol. The first-order valence-electron chi connectivity index (χ1n) is 3.65. The second kappa shape index (κ2) is 9.17. The van der Waals surface area contributed by atoms with Crippen molar-refractivity contribution in [3.05, 3.63) is 12.8 Å². The van der Waals surface area contributed by atoms with Crippen LogP contribution in [0.4, 0.5) is 0 Å². The van der Waals surface area contributed by atoms with Crippen LogP contribution < -0.4 is 0 Å². The van der Waals surface area contributed by atoms with Crippen LogP contribution in [0.5, 0.6) is 0 Å². The number of aldehydes is 1. The predicted octanol–water partition coefficient (Wildman–Crippen LogP) is 1.14. The fourth-order valence-corrected chi connectivity index (χ4v) is 0.604. The van der Waals surface area contributed by atoms with E-state index in [1.54, 1.807) is 0 Å². The maximum atomic E-state index is 9.78. The second-order valence-electron chi connectivity index (χ2n) is 1.99. The molecule has 0 aliphatic carbocycles. The van der Waals surface area contributed by atoms with Gasteiger partial charge in [0.25, 0.3) is 0 Å². The molecule has 3 nitrogen and oxygen atoms in total. The van der Waals surface area contributed by atoms with Crippen molar-refractivity contribution < 1.29 is 14.3 Å². The van der Waals surface area contributed by atoms with Crippen LogP contribution in [0.2, 0.25) is 0 Å². The van der Waals surface area contributed by atoms with Gasteiger partial charge < -0.3 is 14.3 Å². The molecule has 0 aromatic carbocycles. The van der Waals surface area contributed by atoms with E-state index in [1.807, 2.05) is 0 Å². The Kier molecular flexibility index (Phi) is 8.48. The van der Waals surface area contributed by atoms with Gasteiger partial charge in [-0.25, -0.2) is 0 Å². The van der Waals surface area contributed by atoms with Crippen LogP contribution in [-0.4, -0.2) is 26.1 Å². The molecule has 0 aromatic rings. The maximum Gasteiger partial charge on any atom is 0.145 e. The lowest BCUT2D eigenvalue weighted by atomic mass is 10.3. The largest absolute Gasteiger partial charge is 0.502 e. The average Bonchev–Trinajstić information content (AvgIpc) is 2.03. The second-order valence-corrected chi connectivity index (χ2v) is 1.99. The highest BCUT2D eigenvalue weighted by Gasteiger charge is 1.87. The summed E-state index contributed by atoms with van der Waals surface area (Å²) >= 11 is 0. The minimum absolute atomic E-state index is 0.197. The standard InChI is InChI=1S/C8H14O3/c1-2-10-6-3-4-7-11-8-5-9/h2,5H,1,3-4,6-8H2. The Morgan fingerprint density at radius 1 is 1.27 bits per heavy atom. The summed E-state index contributed by atoms with van der Waals surface area (Å²) < 4.78 is 9.79. The molecule has 11 heavy (non-hydrogen) atoms. The van der Waals surface area contributed by atoms with E-state index in [2.05, 4.69) is 6.58 Å². The minimum atomic E-state index is 0.197. The first-order valence-corrected chi connectivity index (χ1v) is 3.65. The molecule has 0 saturated carbocycles. The van der Waals surface area contributed by atoms with Crippen molar-refractivity contribution in [2.45, 2.75) is 12.8 Å². The molecule has 0 N–H and O–H groups in total. The lowest BCUT2D eigenvalue weighted by Crippen LogP contribution is -1.98. The van der Waals surface area contributed by atoms with Gasteiger partial charge in [-0.15, -0.1) is 0 Å². The fourth-order valence-electron chi connectivity index (χ4n) is 0.604. The molecule has 0 rings (SSSR count). The van der Waals surface area contributed by atoms with Crippen molar-refractivity contribution in [3.63, 3.8) is 0 Å². The van der Waals surface area contributed by atoms with Crippen LogP contribution >= 0.6 is 0 Å². The van der Waals surface area contributed by atoms with Gasteiger partial charge in [-0.1, -0.05) is 6.58 Å². The number of hydrogen-bond donors (Lipinski definition) is 0. The molecule has 0 aromatic heterocycles. The van der Waals surface area contributed by atoms with Gasteiger partial charge in [0.1, 0.15) is 12.9 Å². The van der Waals surface area contributed by atoms with Gasteiger partial charge in [-0.2, -0.15) is 0 Å². The lowest BCUT2D eigenvalue weighted by molar-refractivity contribution is -0.111. The summed E-state index contributed by atoms with van der Waals surface area (Å²) in [4.78, 5) is 9.78. The van der Waals surface area contributed by atoms with E-state index in [-0.39, 0.29) is 6.61 Å². The predicted molar refractivity (Wildman–Crippen MR) is 42.3 cm³/mol. The molecule has 0 radical (unpaired) electrons. The van der Waals surface area contributed by atoms with Crippen molar-refractivity contribution in [1.29, 1.82) is 0 Å². The number of rotatable bonds is 8. The molecule has 0 atom stereocenters. The summed E-state index contributed by atoms with van der Waals surface area (Å²) in [6.07, 6.45) is 4.03. The Morgan fingerprint density at radius 2 is 2.00 bits per heavy atom. The van der Waals surface area contributed by atoms with Crippen molar-refractivity contribution >= 4 is 6.29 Å². The van der Waals surface area contributed by atoms with Gasteiger partial charge in [-0.3, -0.25) is 0 Å². The fraction of sp³-hybridized carbons (Fsp3) is 0.625. The number of hydrogen-bond acceptors (Lipinski definition) is 3. The van der Waals surface area contributed by atoms with Crippen molar-refractivity contribution in [3.8, 4) is 0 Å². The lowest BCUT2D eigenvalue weighted by Gasteiger charge is -2.00. The van der Waals surface area contributed by atoms with E-state index >= 15 is 0 Å². The Hall–Kier alpha value is -0.830. The van der Waals surface area contributed by atoms with E-state index < -0.39 is 0 Å². The third-order valence-electron chi connectivity index (χ3n) is 1.10. The normalized spacial score (nSPS) is 9.09. The molecule has 0 aliphatic rings. The zero-order valence-corrected chi connectivity index (χ0v) is 6.62. The third-order valence-corrected chi connectivity index (χ3v) is 1.10. The van der Waals surface area contributed by atoms with Gasteiger partial charge in [-0.05, 0) is 12.8 Å². The first kappa shape index (κ1) is 10.2. The summed E-state index contributed by atoms with van der Waals surface area (Å²) in [6.45, 7) is 4.90. The molecule has 0 bridgehead atoms. The third kappa shape index (κ3) is 9.17. The van der Waals surface area contributed by atoms with Crippen LogP contribution in [0.1, 0.15) is 12.8 Å². The molecule has 0 heterocycles. The molecular formula is C8H14O3. The van der Waals surface area contributed by atoms with Crippen LogP contribution in [0.25, 0.3) is 0 Å². The monoisotopic (exact) mass is 158 g/mol. The van der Waals surface area contributed by atoms with Gasteiger partial charge >= 0.3 is 0 Å². The molecule has 0 saturated heterocycles. The van der Waals surface area contributed by atoms with Crippen molar-refractivity contribution in [1.82, 2.24) is 0 Å². The van der Waals surface area contributed by atoms with E-state index in [4.69, 9.17) is 9.47 Å². The van der Waals surface area contributed by atoms with Gasteiger partial charge in [0.15, 0.2) is 0 Å². The smallest absolute Gasteiger partial charge is 0.145 e. The summed E-state index contributed by atoms with van der Waals surface area (Å²) in [5.41, 5.74) is 0. The SMILES string of the molecule is C=COCCCCOCC=O. The Balaban J connectivity index is 2.79. The quantitative estimate of drug-likeness (QED) is 0.302. The molecule has 0 aliphatic heterocycles. The highest BCUT2D eigenvalue weighted by molar-refractivity contribution is 5.50. The maximum absolute atomic E-state index is 9.78. The molecule has 0 fully saturated rings. The molecule has 0 unspecified atom stereocenters. The summed E-state index contributed by atoms with van der Waals surface area (Å²) in [6, 6.07) is 0. The first-order chi connectivity index (χ1) is 5.41. The molecule has 64 valence electrons. The minimum Gasteiger partial charge on any atom is -0.502 e. The highest BCUT2D eigenvalue weighted by Crippen LogP contribution is 1.90. The van der Waals surface area contributed by atoms with Gasteiger partial charge in [0.05, 0.1) is 12.9 Å². The van der Waals surface area contributed by atoms with Gasteiger partial charge in [0.2, 0.25) is 0 Å². The van der Waals surface area contributed by atoms with E-state index in [1.165, 1.54) is 6.26 Å². The number of carbonyl (C=O) groups excluding carboxylic acids is 1. The molecule has 0 spiro atoms. The Morgan fingerprint density at radius 3 is 2.64 bits per heavy atom. The van der Waals surface area contributed by atoms with Crippen LogP contribution in [0.15, 0.2) is 12.8 Å². The molecule has 3 heteroatoms. The van der Waals surface area contributed by atoms with Crippen LogP contribution in [-0.2, 0) is 14.3 Å². The van der Waals surface area contributed by atoms with E-state index in [0.717, 1.165) is 19.1 Å². The highest BCUT2D eigenvalue weighted by atomic mass is 16.5. The Bertz CT molecular complexity index is 89.5. The van der Waals surface area contributed by atoms with Crippen molar-refractivity contribution in [2.24, 2.45) is 0 Å². The summed E-state index contributed by atoms with van der Waals surface area (Å²) in [7, 11) is 0. The molecule has 0 amide bonds. The number of ether oxygens (including phenoxy) is 2. The van der Waals surface area contributed by atoms with E-state index in [9.17, 15) is 4.79 Å². The van der Waals surface area contributed by atoms with Crippen molar-refractivity contribution in [2.75, 3.05) is 19.8 Å². The number of carbonyl (C=O) groups is 1. The number of unbranched alkanes of at least 4 members (excludes halogenated alkanes) is 1.